The Bertz CT molecular complexity index is 867. The summed E-state index contributed by atoms with van der Waals surface area (Å²) >= 11 is 1.57. The van der Waals surface area contributed by atoms with E-state index in [2.05, 4.69) is 20.6 Å². The first-order chi connectivity index (χ1) is 12.7. The number of fused-ring (bicyclic) bond motifs is 1. The molecule has 0 bridgehead atoms. The largest absolute Gasteiger partial charge is 0.394 e. The first-order valence-electron chi connectivity index (χ1n) is 9.03. The van der Waals surface area contributed by atoms with E-state index in [4.69, 9.17) is 0 Å². The van der Waals surface area contributed by atoms with Crippen LogP contribution in [-0.4, -0.2) is 34.6 Å². The molecule has 1 fully saturated rings. The van der Waals surface area contributed by atoms with E-state index in [0.717, 1.165) is 22.2 Å². The molecule has 7 heteroatoms. The van der Waals surface area contributed by atoms with E-state index in [1.54, 1.807) is 17.4 Å². The fourth-order valence-corrected chi connectivity index (χ4v) is 4.40. The third kappa shape index (κ3) is 3.78. The summed E-state index contributed by atoms with van der Waals surface area (Å²) in [4.78, 5) is 20.8. The molecular formula is C19H22N4O2S. The monoisotopic (exact) mass is 370 g/mol. The van der Waals surface area contributed by atoms with Gasteiger partial charge in [-0.3, -0.25) is 10.1 Å². The number of benzene rings is 1. The van der Waals surface area contributed by atoms with Gasteiger partial charge in [0.25, 0.3) is 5.91 Å². The van der Waals surface area contributed by atoms with E-state index < -0.39 is 0 Å². The summed E-state index contributed by atoms with van der Waals surface area (Å²) in [5, 5.41) is 15.6. The Morgan fingerprint density at radius 1 is 1.38 bits per heavy atom. The molecule has 1 aromatic heterocycles. The normalized spacial score (nSPS) is 20.6. The smallest absolute Gasteiger partial charge is 0.276 e. The zero-order chi connectivity index (χ0) is 17.9. The molecular weight excluding hydrogens is 348 g/mol. The number of guanidine groups is 1. The van der Waals surface area contributed by atoms with Gasteiger partial charge in [0, 0.05) is 0 Å². The van der Waals surface area contributed by atoms with Crippen LogP contribution in [0.15, 0.2) is 34.4 Å². The maximum Gasteiger partial charge on any atom is 0.276 e. The van der Waals surface area contributed by atoms with Crippen molar-refractivity contribution in [1.82, 2.24) is 15.6 Å². The number of nitrogens with zero attached hydrogens (tertiary/aromatic N) is 2. The average molecular weight is 370 g/mol. The summed E-state index contributed by atoms with van der Waals surface area (Å²) in [6, 6.07) is 5.80. The number of nitrogens with one attached hydrogen (secondary N) is 2. The summed E-state index contributed by atoms with van der Waals surface area (Å²) in [6.45, 7) is 0.0342. The maximum atomic E-state index is 12.2. The van der Waals surface area contributed by atoms with E-state index in [9.17, 15) is 9.90 Å². The zero-order valence-corrected chi connectivity index (χ0v) is 15.3. The minimum absolute atomic E-state index is 0.0342. The van der Waals surface area contributed by atoms with E-state index >= 15 is 0 Å². The van der Waals surface area contributed by atoms with Gasteiger partial charge in [0.2, 0.25) is 5.96 Å². The number of aliphatic hydroxyl groups is 1. The Kier molecular flexibility index (Phi) is 4.99. The van der Waals surface area contributed by atoms with Crippen molar-refractivity contribution < 1.29 is 9.90 Å². The van der Waals surface area contributed by atoms with E-state index in [1.807, 2.05) is 23.7 Å². The van der Waals surface area contributed by atoms with Crippen molar-refractivity contribution >= 4 is 39.5 Å². The highest BCUT2D eigenvalue weighted by atomic mass is 32.1. The predicted octanol–water partition coefficient (Wildman–Crippen LogP) is 2.65. The highest BCUT2D eigenvalue weighted by molar-refractivity contribution is 7.16. The minimum atomic E-state index is -0.227. The van der Waals surface area contributed by atoms with Crippen molar-refractivity contribution in [3.05, 3.63) is 35.0 Å². The number of carbonyl (C=O) groups excluding carboxylic acids is 1. The van der Waals surface area contributed by atoms with Gasteiger partial charge in [-0.25, -0.2) is 9.98 Å². The number of hydrogen-bond acceptors (Lipinski definition) is 6. The molecule has 2 aromatic rings. The summed E-state index contributed by atoms with van der Waals surface area (Å²) < 4.78 is 1.08. The summed E-state index contributed by atoms with van der Waals surface area (Å²) in [5.74, 6) is 0.852. The molecule has 136 valence electrons. The lowest BCUT2D eigenvalue weighted by atomic mass is 9.99. The molecule has 4 rings (SSSR count). The molecule has 0 spiro atoms. The molecule has 1 aliphatic carbocycles. The van der Waals surface area contributed by atoms with Gasteiger partial charge in [0.05, 0.1) is 28.4 Å². The number of rotatable bonds is 5. The van der Waals surface area contributed by atoms with Crippen molar-refractivity contribution in [3.8, 4) is 0 Å². The molecule has 6 nitrogen and oxygen atoms in total. The van der Waals surface area contributed by atoms with Crippen molar-refractivity contribution in [1.29, 1.82) is 0 Å². The van der Waals surface area contributed by atoms with Crippen molar-refractivity contribution in [3.63, 3.8) is 0 Å². The van der Waals surface area contributed by atoms with Crippen LogP contribution in [0.25, 0.3) is 16.3 Å². The van der Waals surface area contributed by atoms with Crippen LogP contribution in [0.3, 0.4) is 0 Å². The maximum absolute atomic E-state index is 12.2. The molecule has 1 saturated carbocycles. The molecule has 2 aliphatic rings. The van der Waals surface area contributed by atoms with E-state index in [1.165, 1.54) is 25.7 Å². The number of thiazole rings is 1. The van der Waals surface area contributed by atoms with Gasteiger partial charge in [0.1, 0.15) is 5.70 Å². The molecule has 1 aromatic carbocycles. The Labute approximate surface area is 156 Å². The van der Waals surface area contributed by atoms with Crippen molar-refractivity contribution in [2.75, 3.05) is 6.61 Å². The third-order valence-corrected chi connectivity index (χ3v) is 5.80. The first-order valence-corrected chi connectivity index (χ1v) is 9.91. The standard InChI is InChI=1S/C19H22N4O2S/c24-10-14(7-12-3-1-2-4-12)21-19-22-16(18(25)23-19)8-13-5-6-15-17(9-13)26-11-20-15/h5-6,8-9,11-12,14,24H,1-4,7,10H2,(H2,21,22,23,25)/b16-8-/t14-/m1/s1. The second-order valence-electron chi connectivity index (χ2n) is 6.93. The Balaban J connectivity index is 1.46. The second kappa shape index (κ2) is 7.55. The van der Waals surface area contributed by atoms with Gasteiger partial charge < -0.3 is 10.4 Å². The number of hydrogen-bond donors (Lipinski definition) is 3. The molecule has 0 unspecified atom stereocenters. The summed E-state index contributed by atoms with van der Waals surface area (Å²) in [5.41, 5.74) is 4.05. The van der Waals surface area contributed by atoms with E-state index in [-0.39, 0.29) is 18.6 Å². The topological polar surface area (TPSA) is 86.6 Å². The molecule has 2 heterocycles. The van der Waals surface area contributed by atoms with Crippen LogP contribution in [0, 0.1) is 5.92 Å². The molecule has 0 saturated heterocycles. The van der Waals surface area contributed by atoms with Crippen LogP contribution < -0.4 is 10.6 Å². The van der Waals surface area contributed by atoms with Crippen LogP contribution in [0.4, 0.5) is 0 Å². The second-order valence-corrected chi connectivity index (χ2v) is 7.82. The van der Waals surface area contributed by atoms with Gasteiger partial charge in [-0.05, 0) is 36.1 Å². The number of aromatic nitrogens is 1. The number of aliphatic hydroxyl groups excluding tert-OH is 1. The van der Waals surface area contributed by atoms with Gasteiger partial charge >= 0.3 is 0 Å². The molecule has 0 radical (unpaired) electrons. The van der Waals surface area contributed by atoms with Crippen molar-refractivity contribution in [2.24, 2.45) is 10.9 Å². The van der Waals surface area contributed by atoms with Gasteiger partial charge in [-0.2, -0.15) is 0 Å². The number of aliphatic imine (C=N–C) groups is 1. The average Bonchev–Trinajstić information content (AvgIpc) is 3.36. The highest BCUT2D eigenvalue weighted by Gasteiger charge is 2.24. The van der Waals surface area contributed by atoms with Gasteiger partial charge in [-0.15, -0.1) is 11.3 Å². The van der Waals surface area contributed by atoms with Crippen LogP contribution in [0.5, 0.6) is 0 Å². The molecule has 1 amide bonds. The minimum Gasteiger partial charge on any atom is -0.394 e. The molecule has 1 atom stereocenters. The zero-order valence-electron chi connectivity index (χ0n) is 14.4. The lowest BCUT2D eigenvalue weighted by Gasteiger charge is -2.20. The Hall–Kier alpha value is -2.25. The highest BCUT2D eigenvalue weighted by Crippen LogP contribution is 2.28. The van der Waals surface area contributed by atoms with Gasteiger partial charge in [0.15, 0.2) is 0 Å². The van der Waals surface area contributed by atoms with Crippen molar-refractivity contribution in [2.45, 2.75) is 38.1 Å². The fourth-order valence-electron chi connectivity index (χ4n) is 3.68. The summed E-state index contributed by atoms with van der Waals surface area (Å²) in [6.07, 6.45) is 7.68. The molecule has 1 aliphatic heterocycles. The quantitative estimate of drug-likeness (QED) is 0.706. The Morgan fingerprint density at radius 3 is 3.04 bits per heavy atom. The van der Waals surface area contributed by atoms with Crippen LogP contribution in [-0.2, 0) is 4.79 Å². The molecule has 3 N–H and O–H groups in total. The molecule has 26 heavy (non-hydrogen) atoms. The lowest BCUT2D eigenvalue weighted by molar-refractivity contribution is -0.115. The van der Waals surface area contributed by atoms with Crippen LogP contribution in [0.1, 0.15) is 37.7 Å². The predicted molar refractivity (Wildman–Crippen MR) is 104 cm³/mol. The third-order valence-electron chi connectivity index (χ3n) is 5.01. The summed E-state index contributed by atoms with van der Waals surface area (Å²) in [7, 11) is 0. The first kappa shape index (κ1) is 17.2. The SMILES string of the molecule is O=C1NC(N[C@@H](CO)CC2CCCC2)=N/C1=C\c1ccc2ncsc2c1. The lowest BCUT2D eigenvalue weighted by Crippen LogP contribution is -2.44. The van der Waals surface area contributed by atoms with Gasteiger partial charge in [-0.1, -0.05) is 31.7 Å². The fraction of sp³-hybridized carbons (Fsp3) is 0.421. The van der Waals surface area contributed by atoms with Crippen LogP contribution >= 0.6 is 11.3 Å². The Morgan fingerprint density at radius 2 is 2.23 bits per heavy atom. The number of amides is 1. The number of carbonyl (C=O) groups is 1. The van der Waals surface area contributed by atoms with Crippen LogP contribution in [0.2, 0.25) is 0 Å². The van der Waals surface area contributed by atoms with E-state index in [0.29, 0.717) is 17.6 Å².